The van der Waals surface area contributed by atoms with Gasteiger partial charge in [-0.05, 0) is 6.92 Å². The van der Waals surface area contributed by atoms with Crippen molar-refractivity contribution in [3.8, 4) is 0 Å². The highest BCUT2D eigenvalue weighted by Crippen LogP contribution is 2.57. The maximum absolute atomic E-state index is 12.3. The summed E-state index contributed by atoms with van der Waals surface area (Å²) in [5.41, 5.74) is 1.91. The van der Waals surface area contributed by atoms with Crippen LogP contribution in [0.2, 0.25) is 0 Å². The Kier molecular flexibility index (Phi) is 9.48. The second kappa shape index (κ2) is 11.7. The number of aromatic amines is 1. The highest BCUT2D eigenvalue weighted by Gasteiger charge is 2.47. The number of hydrogen-bond donors (Lipinski definition) is 6. The molecule has 2 saturated heterocycles. The zero-order chi connectivity index (χ0) is 28.6. The van der Waals surface area contributed by atoms with Crippen LogP contribution in [0.4, 0.5) is 0 Å². The molecule has 2 unspecified atom stereocenters. The van der Waals surface area contributed by atoms with E-state index in [2.05, 4.69) is 24.4 Å². The molecule has 0 radical (unpaired) electrons. The Morgan fingerprint density at radius 2 is 1.84 bits per heavy atom. The largest absolute Gasteiger partial charge is 0.756 e. The van der Waals surface area contributed by atoms with E-state index >= 15 is 0 Å². The number of quaternary nitrogens is 1. The molecule has 3 rings (SSSR count). The summed E-state index contributed by atoms with van der Waals surface area (Å²) in [6, 6.07) is -1.33. The van der Waals surface area contributed by atoms with Crippen LogP contribution < -0.4 is 32.1 Å². The van der Waals surface area contributed by atoms with Crippen molar-refractivity contribution in [2.24, 2.45) is 0 Å². The zero-order valence-corrected chi connectivity index (χ0v) is 21.6. The van der Waals surface area contributed by atoms with Crippen molar-refractivity contribution < 1.29 is 67.6 Å². The van der Waals surface area contributed by atoms with Crippen LogP contribution in [0.3, 0.4) is 0 Å². The summed E-state index contributed by atoms with van der Waals surface area (Å²) < 4.78 is 48.9. The van der Waals surface area contributed by atoms with Crippen LogP contribution in [0.15, 0.2) is 21.9 Å². The second-order valence-corrected chi connectivity index (χ2v) is 11.4. The third kappa shape index (κ3) is 7.22. The van der Waals surface area contributed by atoms with Gasteiger partial charge in [-0.15, -0.1) is 0 Å². The highest BCUT2D eigenvalue weighted by atomic mass is 31.3. The SMILES string of the molecule is CC(=O)N[C@H]1[C@@H](OP(=O)([O-])OP(=O)([O-])OC[C@H]2O[C@@H](n3ccc(=O)[nH]c3=O)[C@H](O)[C@@H]2O)O[C@H](C)[C@@H]([NH3+])[C@@H]1O. The molecule has 2 aliphatic rings. The molecule has 1 aromatic heterocycles. The maximum Gasteiger partial charge on any atom is 0.330 e. The molecule has 0 saturated carbocycles. The first-order valence-corrected chi connectivity index (χ1v) is 13.9. The van der Waals surface area contributed by atoms with Crippen molar-refractivity contribution in [1.29, 1.82) is 0 Å². The maximum atomic E-state index is 12.3. The van der Waals surface area contributed by atoms with Crippen molar-refractivity contribution in [1.82, 2.24) is 14.9 Å². The minimum Gasteiger partial charge on any atom is -0.756 e. The van der Waals surface area contributed by atoms with Crippen LogP contribution >= 0.6 is 15.6 Å². The molecule has 2 fully saturated rings. The molecular formula is C17H27N4O15P2-. The monoisotopic (exact) mass is 589 g/mol. The van der Waals surface area contributed by atoms with Gasteiger partial charge in [0.05, 0.1) is 6.61 Å². The van der Waals surface area contributed by atoms with Gasteiger partial charge in [0.15, 0.2) is 12.5 Å². The zero-order valence-electron chi connectivity index (χ0n) is 19.8. The number of ether oxygens (including phenoxy) is 2. The second-order valence-electron chi connectivity index (χ2n) is 8.53. The molecule has 1 amide bonds. The lowest BCUT2D eigenvalue weighted by atomic mass is 9.96. The van der Waals surface area contributed by atoms with E-state index in [1.54, 1.807) is 0 Å². The number of H-pyrrole nitrogens is 1. The first-order chi connectivity index (χ1) is 17.5. The topological polar surface area (TPSA) is 299 Å². The van der Waals surface area contributed by atoms with Gasteiger partial charge < -0.3 is 50.2 Å². The summed E-state index contributed by atoms with van der Waals surface area (Å²) in [5.74, 6) is -0.688. The molecular weight excluding hydrogens is 562 g/mol. The first-order valence-electron chi connectivity index (χ1n) is 10.9. The lowest BCUT2D eigenvalue weighted by Crippen LogP contribution is -2.78. The van der Waals surface area contributed by atoms with E-state index in [0.717, 1.165) is 23.8 Å². The third-order valence-electron chi connectivity index (χ3n) is 5.71. The molecule has 0 aliphatic carbocycles. The molecule has 19 nitrogen and oxygen atoms in total. The number of carbonyl (C=O) groups excluding carboxylic acids is 1. The Labute approximate surface area is 213 Å². The number of aliphatic hydroxyl groups is 3. The fraction of sp³-hybridized carbons (Fsp3) is 0.706. The molecule has 0 aromatic carbocycles. The van der Waals surface area contributed by atoms with Crippen molar-refractivity contribution in [3.63, 3.8) is 0 Å². The Morgan fingerprint density at radius 1 is 1.18 bits per heavy atom. The van der Waals surface area contributed by atoms with Gasteiger partial charge in [-0.25, -0.2) is 9.11 Å². The van der Waals surface area contributed by atoms with E-state index in [0.29, 0.717) is 0 Å². The van der Waals surface area contributed by atoms with Crippen LogP contribution in [0.5, 0.6) is 0 Å². The summed E-state index contributed by atoms with van der Waals surface area (Å²) >= 11 is 0. The Bertz CT molecular complexity index is 1220. The quantitative estimate of drug-likeness (QED) is 0.146. The predicted molar refractivity (Wildman–Crippen MR) is 115 cm³/mol. The van der Waals surface area contributed by atoms with E-state index in [4.69, 9.17) is 9.47 Å². The molecule has 3 heterocycles. The van der Waals surface area contributed by atoms with Gasteiger partial charge in [0.25, 0.3) is 21.2 Å². The fourth-order valence-electron chi connectivity index (χ4n) is 3.76. The third-order valence-corrected chi connectivity index (χ3v) is 8.25. The molecule has 21 heteroatoms. The number of amides is 1. The van der Waals surface area contributed by atoms with Crippen molar-refractivity contribution >= 4 is 21.6 Å². The standard InChI is InChI=1S/C17H28N4O15P2/c1-6-10(18)13(25)11(19-7(2)22)16(33-6)35-38(30,31)36-37(28,29)32-5-8-12(24)14(26)15(34-8)21-4-3-9(23)20-17(21)27/h3-4,6,8,10-16,24-26H,5,18H2,1-2H3,(H,19,22)(H,28,29)(H,30,31)(H,20,23,27)/p-1/t6-,8-,10-,11-,12-,13+,14-,15-,16-/m1/s1. The Balaban J connectivity index is 1.64. The van der Waals surface area contributed by atoms with E-state index in [9.17, 15) is 48.6 Å². The Morgan fingerprint density at radius 3 is 2.45 bits per heavy atom. The predicted octanol–water partition coefficient (Wildman–Crippen LogP) is -5.64. The smallest absolute Gasteiger partial charge is 0.330 e. The number of nitrogens with one attached hydrogen (secondary N) is 2. The van der Waals surface area contributed by atoms with Crippen LogP contribution in [0, 0.1) is 0 Å². The summed E-state index contributed by atoms with van der Waals surface area (Å²) in [6.45, 7) is 1.43. The number of hydrogen-bond acceptors (Lipinski definition) is 15. The van der Waals surface area contributed by atoms with Crippen LogP contribution in [0.25, 0.3) is 0 Å². The molecule has 0 bridgehead atoms. The van der Waals surface area contributed by atoms with E-state index in [1.165, 1.54) is 6.92 Å². The normalized spacial score (nSPS) is 36.8. The number of phosphoric ester groups is 2. The number of rotatable bonds is 9. The molecule has 38 heavy (non-hydrogen) atoms. The van der Waals surface area contributed by atoms with Crippen molar-refractivity contribution in [2.45, 2.75) is 69.0 Å². The highest BCUT2D eigenvalue weighted by molar-refractivity contribution is 7.59. The van der Waals surface area contributed by atoms with Crippen LogP contribution in [0.1, 0.15) is 20.1 Å². The van der Waals surface area contributed by atoms with E-state index < -0.39 is 94.5 Å². The number of aromatic nitrogens is 2. The summed E-state index contributed by atoms with van der Waals surface area (Å²) in [4.78, 5) is 61.0. The number of nitrogens with zero attached hydrogens (tertiary/aromatic N) is 1. The van der Waals surface area contributed by atoms with Crippen molar-refractivity contribution in [2.75, 3.05) is 6.61 Å². The summed E-state index contributed by atoms with van der Waals surface area (Å²) in [5, 5.41) is 32.9. The lowest BCUT2D eigenvalue weighted by Gasteiger charge is -2.42. The first kappa shape index (κ1) is 30.7. The van der Waals surface area contributed by atoms with E-state index in [-0.39, 0.29) is 0 Å². The molecule has 11 atom stereocenters. The average Bonchev–Trinajstić information content (AvgIpc) is 3.06. The summed E-state index contributed by atoms with van der Waals surface area (Å²) in [7, 11) is -11.5. The minimum atomic E-state index is -5.79. The van der Waals surface area contributed by atoms with Gasteiger partial charge in [-0.2, -0.15) is 0 Å². The van der Waals surface area contributed by atoms with Crippen molar-refractivity contribution in [3.05, 3.63) is 33.1 Å². The van der Waals surface area contributed by atoms with Gasteiger partial charge in [-0.1, -0.05) is 0 Å². The van der Waals surface area contributed by atoms with Crippen LogP contribution in [-0.4, -0.2) is 86.3 Å². The minimum absolute atomic E-state index is 0.688. The van der Waals surface area contributed by atoms with Gasteiger partial charge in [0, 0.05) is 19.2 Å². The average molecular weight is 589 g/mol. The molecule has 0 spiro atoms. The summed E-state index contributed by atoms with van der Waals surface area (Å²) in [6.07, 6.45) is -9.95. The lowest BCUT2D eigenvalue weighted by molar-refractivity contribution is -0.475. The van der Waals surface area contributed by atoms with Gasteiger partial charge in [0.2, 0.25) is 5.91 Å². The van der Waals surface area contributed by atoms with Gasteiger partial charge in [-0.3, -0.25) is 32.8 Å². The molecule has 8 N–H and O–H groups in total. The molecule has 2 aliphatic heterocycles. The Hall–Kier alpha value is -1.83. The number of aliphatic hydroxyl groups excluding tert-OH is 3. The number of phosphoric acid groups is 2. The van der Waals surface area contributed by atoms with Gasteiger partial charge >= 0.3 is 5.69 Å². The number of carbonyl (C=O) groups is 1. The van der Waals surface area contributed by atoms with Gasteiger partial charge in [0.1, 0.15) is 42.6 Å². The molecule has 216 valence electrons. The van der Waals surface area contributed by atoms with Crippen LogP contribution in [-0.2, 0) is 36.8 Å². The molecule has 1 aromatic rings. The van der Waals surface area contributed by atoms with E-state index in [1.807, 2.05) is 4.98 Å². The fourth-order valence-corrected chi connectivity index (χ4v) is 5.85.